The van der Waals surface area contributed by atoms with E-state index in [1.54, 1.807) is 61.5 Å². The quantitative estimate of drug-likeness (QED) is 0.316. The van der Waals surface area contributed by atoms with Gasteiger partial charge in [-0.1, -0.05) is 34.1 Å². The molecule has 0 saturated carbocycles. The first-order valence-corrected chi connectivity index (χ1v) is 10.5. The molecule has 0 aliphatic carbocycles. The monoisotopic (exact) mass is 508 g/mol. The number of amides is 4. The smallest absolute Gasteiger partial charge is 0.338 e. The standard InChI is InChI=1S/C24H17BrN2O6/c1-13-11-14(25)7-9-19(13)27-22(29)18(21(28)26-24(27)31)12-15-8-10-20(33-15)16-5-3-4-6-17(16)23(30)32-2/h3-12H,1-2H3,(H,26,28,31). The maximum atomic E-state index is 13.1. The maximum Gasteiger partial charge on any atom is 0.338 e. The summed E-state index contributed by atoms with van der Waals surface area (Å²) < 4.78 is 11.4. The summed E-state index contributed by atoms with van der Waals surface area (Å²) in [6, 6.07) is 14.1. The molecule has 0 bridgehead atoms. The van der Waals surface area contributed by atoms with Crippen molar-refractivity contribution in [2.45, 2.75) is 6.92 Å². The second-order valence-electron chi connectivity index (χ2n) is 7.13. The Morgan fingerprint density at radius 3 is 2.58 bits per heavy atom. The fourth-order valence-electron chi connectivity index (χ4n) is 3.45. The van der Waals surface area contributed by atoms with Crippen molar-refractivity contribution < 1.29 is 28.3 Å². The van der Waals surface area contributed by atoms with Gasteiger partial charge < -0.3 is 9.15 Å². The largest absolute Gasteiger partial charge is 0.465 e. The molecule has 2 heterocycles. The van der Waals surface area contributed by atoms with Crippen molar-refractivity contribution in [3.05, 3.63) is 81.5 Å². The molecule has 3 aromatic rings. The van der Waals surface area contributed by atoms with Crippen molar-refractivity contribution in [1.82, 2.24) is 5.32 Å². The molecule has 8 nitrogen and oxygen atoms in total. The van der Waals surface area contributed by atoms with Crippen LogP contribution in [0.5, 0.6) is 0 Å². The van der Waals surface area contributed by atoms with Gasteiger partial charge in [-0.3, -0.25) is 14.9 Å². The fourth-order valence-corrected chi connectivity index (χ4v) is 3.92. The molecule has 0 unspecified atom stereocenters. The third-order valence-corrected chi connectivity index (χ3v) is 5.51. The van der Waals surface area contributed by atoms with Gasteiger partial charge in [-0.25, -0.2) is 14.5 Å². The lowest BCUT2D eigenvalue weighted by molar-refractivity contribution is -0.122. The number of furan rings is 1. The van der Waals surface area contributed by atoms with Gasteiger partial charge in [-0.15, -0.1) is 0 Å². The Bertz CT molecular complexity index is 1340. The predicted molar refractivity (Wildman–Crippen MR) is 123 cm³/mol. The third kappa shape index (κ3) is 4.22. The molecule has 1 fully saturated rings. The number of aryl methyl sites for hydroxylation is 1. The fraction of sp³-hybridized carbons (Fsp3) is 0.0833. The summed E-state index contributed by atoms with van der Waals surface area (Å²) in [5.74, 6) is -1.58. The first-order chi connectivity index (χ1) is 15.8. The molecule has 4 rings (SSSR count). The van der Waals surface area contributed by atoms with E-state index in [9.17, 15) is 19.2 Å². The number of ether oxygens (including phenoxy) is 1. The molecule has 0 atom stereocenters. The molecule has 1 aromatic heterocycles. The zero-order chi connectivity index (χ0) is 23.7. The Labute approximate surface area is 197 Å². The van der Waals surface area contributed by atoms with Gasteiger partial charge in [0.2, 0.25) is 0 Å². The number of anilines is 1. The van der Waals surface area contributed by atoms with Crippen LogP contribution in [0.3, 0.4) is 0 Å². The number of benzene rings is 2. The Balaban J connectivity index is 1.71. The Hall–Kier alpha value is -3.98. The van der Waals surface area contributed by atoms with E-state index in [4.69, 9.17) is 9.15 Å². The number of nitrogens with one attached hydrogen (secondary N) is 1. The van der Waals surface area contributed by atoms with Crippen LogP contribution in [0.15, 0.2) is 69.1 Å². The van der Waals surface area contributed by atoms with Crippen LogP contribution in [-0.2, 0) is 14.3 Å². The average Bonchev–Trinajstić information content (AvgIpc) is 3.26. The molecule has 1 N–H and O–H groups in total. The minimum Gasteiger partial charge on any atom is -0.465 e. The van der Waals surface area contributed by atoms with Crippen LogP contribution >= 0.6 is 15.9 Å². The molecular weight excluding hydrogens is 492 g/mol. The van der Waals surface area contributed by atoms with Gasteiger partial charge in [0, 0.05) is 10.0 Å². The first-order valence-electron chi connectivity index (χ1n) is 9.75. The second kappa shape index (κ2) is 8.87. The van der Waals surface area contributed by atoms with Crippen LogP contribution in [0.1, 0.15) is 21.7 Å². The predicted octanol–water partition coefficient (Wildman–Crippen LogP) is 4.47. The number of imide groups is 2. The summed E-state index contributed by atoms with van der Waals surface area (Å²) in [5.41, 5.74) is 1.56. The molecule has 166 valence electrons. The lowest BCUT2D eigenvalue weighted by Crippen LogP contribution is -2.54. The number of urea groups is 1. The van der Waals surface area contributed by atoms with E-state index < -0.39 is 23.8 Å². The van der Waals surface area contributed by atoms with E-state index in [0.717, 1.165) is 9.37 Å². The number of esters is 1. The molecular formula is C24H17BrN2O6. The minimum absolute atomic E-state index is 0.199. The van der Waals surface area contributed by atoms with Gasteiger partial charge in [0.25, 0.3) is 11.8 Å². The number of carbonyl (C=O) groups is 4. The molecule has 0 spiro atoms. The van der Waals surface area contributed by atoms with Crippen molar-refractivity contribution in [1.29, 1.82) is 0 Å². The molecule has 4 amide bonds. The molecule has 0 radical (unpaired) electrons. The van der Waals surface area contributed by atoms with Crippen molar-refractivity contribution >= 4 is 51.5 Å². The van der Waals surface area contributed by atoms with E-state index in [1.807, 2.05) is 0 Å². The highest BCUT2D eigenvalue weighted by Crippen LogP contribution is 2.30. The van der Waals surface area contributed by atoms with Gasteiger partial charge in [-0.2, -0.15) is 0 Å². The van der Waals surface area contributed by atoms with E-state index in [-0.39, 0.29) is 11.3 Å². The maximum absolute atomic E-state index is 13.1. The lowest BCUT2D eigenvalue weighted by Gasteiger charge is -2.27. The normalized spacial score (nSPS) is 15.1. The molecule has 2 aromatic carbocycles. The van der Waals surface area contributed by atoms with Crippen LogP contribution < -0.4 is 10.2 Å². The molecule has 1 saturated heterocycles. The third-order valence-electron chi connectivity index (χ3n) is 5.01. The van der Waals surface area contributed by atoms with Crippen molar-refractivity contribution in [2.75, 3.05) is 12.0 Å². The minimum atomic E-state index is -0.834. The molecule has 33 heavy (non-hydrogen) atoms. The lowest BCUT2D eigenvalue weighted by atomic mass is 10.1. The van der Waals surface area contributed by atoms with Gasteiger partial charge in [0.1, 0.15) is 17.1 Å². The zero-order valence-corrected chi connectivity index (χ0v) is 19.1. The average molecular weight is 509 g/mol. The van der Waals surface area contributed by atoms with Crippen molar-refractivity contribution in [3.8, 4) is 11.3 Å². The van der Waals surface area contributed by atoms with E-state index in [2.05, 4.69) is 21.2 Å². The van der Waals surface area contributed by atoms with Gasteiger partial charge in [0.15, 0.2) is 0 Å². The Kier molecular flexibility index (Phi) is 5.97. The van der Waals surface area contributed by atoms with Crippen LogP contribution in [0.4, 0.5) is 10.5 Å². The summed E-state index contributed by atoms with van der Waals surface area (Å²) in [5, 5.41) is 2.18. The summed E-state index contributed by atoms with van der Waals surface area (Å²) >= 11 is 3.35. The number of halogens is 1. The van der Waals surface area contributed by atoms with Gasteiger partial charge in [-0.05, 0) is 55.0 Å². The number of methoxy groups -OCH3 is 1. The second-order valence-corrected chi connectivity index (χ2v) is 8.04. The Morgan fingerprint density at radius 2 is 1.85 bits per heavy atom. The number of barbiturate groups is 1. The zero-order valence-electron chi connectivity index (χ0n) is 17.5. The van der Waals surface area contributed by atoms with Crippen LogP contribution in [0.2, 0.25) is 0 Å². The topological polar surface area (TPSA) is 106 Å². The number of rotatable bonds is 4. The number of hydrogen-bond acceptors (Lipinski definition) is 6. The van der Waals surface area contributed by atoms with Crippen LogP contribution in [-0.4, -0.2) is 30.9 Å². The number of hydrogen-bond donors (Lipinski definition) is 1. The van der Waals surface area contributed by atoms with Crippen LogP contribution in [0, 0.1) is 6.92 Å². The SMILES string of the molecule is COC(=O)c1ccccc1-c1ccc(C=C2C(=O)NC(=O)N(c3ccc(Br)cc3C)C2=O)o1. The van der Waals surface area contributed by atoms with E-state index in [1.165, 1.54) is 13.2 Å². The summed E-state index contributed by atoms with van der Waals surface area (Å²) in [6.07, 6.45) is 1.26. The summed E-state index contributed by atoms with van der Waals surface area (Å²) in [6.45, 7) is 1.75. The molecule has 9 heteroatoms. The van der Waals surface area contributed by atoms with E-state index in [0.29, 0.717) is 28.1 Å². The van der Waals surface area contributed by atoms with Gasteiger partial charge >= 0.3 is 12.0 Å². The highest BCUT2D eigenvalue weighted by atomic mass is 79.9. The number of carbonyl (C=O) groups excluding carboxylic acids is 4. The highest BCUT2D eigenvalue weighted by Gasteiger charge is 2.37. The summed E-state index contributed by atoms with van der Waals surface area (Å²) in [4.78, 5) is 50.9. The van der Waals surface area contributed by atoms with Crippen molar-refractivity contribution in [3.63, 3.8) is 0 Å². The van der Waals surface area contributed by atoms with Gasteiger partial charge in [0.05, 0.1) is 18.4 Å². The first kappa shape index (κ1) is 22.2. The number of nitrogens with zero attached hydrogens (tertiary/aromatic N) is 1. The molecule has 1 aliphatic rings. The van der Waals surface area contributed by atoms with E-state index >= 15 is 0 Å². The van der Waals surface area contributed by atoms with Crippen molar-refractivity contribution in [2.24, 2.45) is 0 Å². The highest BCUT2D eigenvalue weighted by molar-refractivity contribution is 9.10. The Morgan fingerprint density at radius 1 is 1.09 bits per heavy atom. The molecule has 1 aliphatic heterocycles. The van der Waals surface area contributed by atoms with Crippen LogP contribution in [0.25, 0.3) is 17.4 Å². The summed E-state index contributed by atoms with van der Waals surface area (Å²) in [7, 11) is 1.28.